The molecule has 1 amide bonds. The van der Waals surface area contributed by atoms with E-state index in [1.165, 1.54) is 11.3 Å². The Morgan fingerprint density at radius 3 is 2.36 bits per heavy atom. The number of halogens is 3. The summed E-state index contributed by atoms with van der Waals surface area (Å²) >= 11 is 1.46. The number of alkyl halides is 3. The summed E-state index contributed by atoms with van der Waals surface area (Å²) in [5, 5.41) is 4.66. The molecule has 0 saturated heterocycles. The Kier molecular flexibility index (Phi) is 6.57. The van der Waals surface area contributed by atoms with Crippen molar-refractivity contribution in [2.75, 3.05) is 6.54 Å². The number of nitrogens with one attached hydrogen (secondary N) is 2. The standard InChI is InChI=1S/C18H21F3N2O3S2/c1-17(2,3)16(14-8-5-9-27-14)23-15(24)11-22-28(25,26)13-7-4-6-12(10-13)18(19,20)21/h4-10,16,22H,11H2,1-3H3,(H,23,24). The Labute approximate surface area is 166 Å². The predicted molar refractivity (Wildman–Crippen MR) is 101 cm³/mol. The number of rotatable bonds is 6. The predicted octanol–water partition coefficient (Wildman–Crippen LogP) is 3.95. The van der Waals surface area contributed by atoms with Crippen LogP contribution in [0.5, 0.6) is 0 Å². The lowest BCUT2D eigenvalue weighted by atomic mass is 9.86. The van der Waals surface area contributed by atoms with Crippen LogP contribution in [-0.2, 0) is 21.0 Å². The molecule has 0 spiro atoms. The number of hydrogen-bond donors (Lipinski definition) is 2. The van der Waals surface area contributed by atoms with E-state index in [4.69, 9.17) is 0 Å². The van der Waals surface area contributed by atoms with E-state index in [-0.39, 0.29) is 11.5 Å². The minimum Gasteiger partial charge on any atom is -0.347 e. The molecule has 1 aromatic heterocycles. The molecular weight excluding hydrogens is 413 g/mol. The molecule has 0 bridgehead atoms. The summed E-state index contributed by atoms with van der Waals surface area (Å²) in [6, 6.07) is 6.74. The van der Waals surface area contributed by atoms with Gasteiger partial charge in [-0.2, -0.15) is 13.2 Å². The third kappa shape index (κ3) is 5.79. The summed E-state index contributed by atoms with van der Waals surface area (Å²) in [6.45, 7) is 5.22. The molecule has 1 aromatic carbocycles. The average molecular weight is 435 g/mol. The van der Waals surface area contributed by atoms with Crippen LogP contribution in [0.3, 0.4) is 0 Å². The van der Waals surface area contributed by atoms with Gasteiger partial charge in [-0.25, -0.2) is 13.1 Å². The SMILES string of the molecule is CC(C)(C)C(NC(=O)CNS(=O)(=O)c1cccc(C(F)(F)F)c1)c1cccs1. The van der Waals surface area contributed by atoms with Gasteiger partial charge >= 0.3 is 6.18 Å². The summed E-state index contributed by atoms with van der Waals surface area (Å²) < 4.78 is 64.9. The van der Waals surface area contributed by atoms with Gasteiger partial charge in [0, 0.05) is 4.88 Å². The number of carbonyl (C=O) groups excluding carboxylic acids is 1. The molecular formula is C18H21F3N2O3S2. The van der Waals surface area contributed by atoms with Crippen molar-refractivity contribution < 1.29 is 26.4 Å². The number of thiophene rings is 1. The maximum atomic E-state index is 12.8. The van der Waals surface area contributed by atoms with Gasteiger partial charge in [-0.1, -0.05) is 32.9 Å². The van der Waals surface area contributed by atoms with E-state index >= 15 is 0 Å². The molecule has 5 nitrogen and oxygen atoms in total. The summed E-state index contributed by atoms with van der Waals surface area (Å²) in [5.41, 5.74) is -1.40. The van der Waals surface area contributed by atoms with E-state index in [0.717, 1.165) is 23.1 Å². The Balaban J connectivity index is 2.09. The van der Waals surface area contributed by atoms with Gasteiger partial charge in [-0.15, -0.1) is 11.3 Å². The molecule has 0 aliphatic rings. The molecule has 28 heavy (non-hydrogen) atoms. The van der Waals surface area contributed by atoms with Crippen molar-refractivity contribution in [3.8, 4) is 0 Å². The number of hydrogen-bond acceptors (Lipinski definition) is 4. The Morgan fingerprint density at radius 2 is 1.82 bits per heavy atom. The topological polar surface area (TPSA) is 75.3 Å². The quantitative estimate of drug-likeness (QED) is 0.723. The zero-order valence-corrected chi connectivity index (χ0v) is 17.1. The monoisotopic (exact) mass is 434 g/mol. The second-order valence-corrected chi connectivity index (χ2v) is 9.98. The van der Waals surface area contributed by atoms with E-state index in [1.54, 1.807) is 0 Å². The van der Waals surface area contributed by atoms with E-state index in [0.29, 0.717) is 6.07 Å². The van der Waals surface area contributed by atoms with Gasteiger partial charge in [-0.3, -0.25) is 4.79 Å². The van der Waals surface area contributed by atoms with E-state index in [2.05, 4.69) is 10.0 Å². The molecule has 0 fully saturated rings. The first-order chi connectivity index (χ1) is 12.8. The van der Waals surface area contributed by atoms with E-state index in [1.807, 2.05) is 38.3 Å². The number of sulfonamides is 1. The number of amides is 1. The second-order valence-electron chi connectivity index (χ2n) is 7.23. The molecule has 1 atom stereocenters. The van der Waals surface area contributed by atoms with Crippen molar-refractivity contribution >= 4 is 27.3 Å². The van der Waals surface area contributed by atoms with Crippen LogP contribution in [0.1, 0.15) is 37.3 Å². The highest BCUT2D eigenvalue weighted by atomic mass is 32.2. The average Bonchev–Trinajstić information content (AvgIpc) is 3.10. The number of benzene rings is 1. The molecule has 1 heterocycles. The molecule has 154 valence electrons. The zero-order valence-electron chi connectivity index (χ0n) is 15.5. The van der Waals surface area contributed by atoms with Crippen LogP contribution in [0.4, 0.5) is 13.2 Å². The molecule has 0 radical (unpaired) electrons. The fourth-order valence-electron chi connectivity index (χ4n) is 2.47. The molecule has 2 N–H and O–H groups in total. The maximum absolute atomic E-state index is 12.8. The van der Waals surface area contributed by atoms with Crippen LogP contribution in [0.25, 0.3) is 0 Å². The first-order valence-corrected chi connectivity index (χ1v) is 10.7. The summed E-state index contributed by atoms with van der Waals surface area (Å²) in [7, 11) is -4.27. The van der Waals surface area contributed by atoms with E-state index < -0.39 is 39.1 Å². The second kappa shape index (κ2) is 8.22. The minimum atomic E-state index is -4.66. The highest BCUT2D eigenvalue weighted by Crippen LogP contribution is 2.35. The van der Waals surface area contributed by atoms with Crippen LogP contribution in [0, 0.1) is 5.41 Å². The van der Waals surface area contributed by atoms with Crippen molar-refractivity contribution in [2.24, 2.45) is 5.41 Å². The molecule has 0 aliphatic heterocycles. The Bertz CT molecular complexity index is 918. The summed E-state index contributed by atoms with van der Waals surface area (Å²) in [6.07, 6.45) is -4.66. The van der Waals surface area contributed by atoms with Crippen LogP contribution in [-0.4, -0.2) is 20.9 Å². The molecule has 1 unspecified atom stereocenters. The van der Waals surface area contributed by atoms with Crippen LogP contribution >= 0.6 is 11.3 Å². The molecule has 0 saturated carbocycles. The fourth-order valence-corrected chi connectivity index (χ4v) is 4.51. The minimum absolute atomic E-state index is 0.319. The summed E-state index contributed by atoms with van der Waals surface area (Å²) in [5.74, 6) is -0.580. The third-order valence-electron chi connectivity index (χ3n) is 3.89. The van der Waals surface area contributed by atoms with Crippen LogP contribution < -0.4 is 10.0 Å². The maximum Gasteiger partial charge on any atom is 0.416 e. The van der Waals surface area contributed by atoms with Gasteiger partial charge < -0.3 is 5.32 Å². The lowest BCUT2D eigenvalue weighted by Crippen LogP contribution is -2.42. The van der Waals surface area contributed by atoms with Crippen molar-refractivity contribution in [1.82, 2.24) is 10.0 Å². The smallest absolute Gasteiger partial charge is 0.347 e. The van der Waals surface area contributed by atoms with Crippen LogP contribution in [0.2, 0.25) is 0 Å². The zero-order chi connectivity index (χ0) is 21.2. The highest BCUT2D eigenvalue weighted by molar-refractivity contribution is 7.89. The molecule has 2 aromatic rings. The molecule has 0 aliphatic carbocycles. The normalized spacial score (nSPS) is 13.9. The lowest BCUT2D eigenvalue weighted by molar-refractivity contribution is -0.137. The van der Waals surface area contributed by atoms with Gasteiger partial charge in [0.2, 0.25) is 15.9 Å². The van der Waals surface area contributed by atoms with E-state index in [9.17, 15) is 26.4 Å². The first kappa shape index (κ1) is 22.4. The van der Waals surface area contributed by atoms with Gasteiger partial charge in [0.15, 0.2) is 0 Å². The molecule has 10 heteroatoms. The summed E-state index contributed by atoms with van der Waals surface area (Å²) in [4.78, 5) is 12.6. The van der Waals surface area contributed by atoms with Gasteiger partial charge in [0.25, 0.3) is 0 Å². The van der Waals surface area contributed by atoms with Crippen molar-refractivity contribution in [3.63, 3.8) is 0 Å². The fraction of sp³-hybridized carbons (Fsp3) is 0.389. The molecule has 2 rings (SSSR count). The first-order valence-electron chi connectivity index (χ1n) is 8.30. The highest BCUT2D eigenvalue weighted by Gasteiger charge is 2.32. The van der Waals surface area contributed by atoms with Crippen molar-refractivity contribution in [2.45, 2.75) is 37.9 Å². The van der Waals surface area contributed by atoms with Gasteiger partial charge in [0.1, 0.15) is 0 Å². The lowest BCUT2D eigenvalue weighted by Gasteiger charge is -2.30. The van der Waals surface area contributed by atoms with Crippen LogP contribution in [0.15, 0.2) is 46.7 Å². The van der Waals surface area contributed by atoms with Crippen molar-refractivity contribution in [1.29, 1.82) is 0 Å². The van der Waals surface area contributed by atoms with Gasteiger partial charge in [-0.05, 0) is 35.1 Å². The Morgan fingerprint density at radius 1 is 1.14 bits per heavy atom. The Hall–Kier alpha value is -1.91. The van der Waals surface area contributed by atoms with Crippen molar-refractivity contribution in [3.05, 3.63) is 52.2 Å². The third-order valence-corrected chi connectivity index (χ3v) is 6.23. The number of carbonyl (C=O) groups is 1. The van der Waals surface area contributed by atoms with Gasteiger partial charge in [0.05, 0.1) is 23.0 Å². The largest absolute Gasteiger partial charge is 0.416 e.